The molecule has 4 nitrogen and oxygen atoms in total. The third kappa shape index (κ3) is 14.2. The van der Waals surface area contributed by atoms with Crippen molar-refractivity contribution in [2.75, 3.05) is 32.8 Å². The van der Waals surface area contributed by atoms with Gasteiger partial charge in [-0.1, -0.05) is 98.8 Å². The van der Waals surface area contributed by atoms with Crippen molar-refractivity contribution in [1.82, 2.24) is 9.80 Å². The van der Waals surface area contributed by atoms with Gasteiger partial charge in [0.25, 0.3) is 0 Å². The van der Waals surface area contributed by atoms with E-state index in [1.165, 1.54) is 64.2 Å². The molecule has 0 amide bonds. The molecule has 0 rings (SSSR count). The highest BCUT2D eigenvalue weighted by Gasteiger charge is 2.34. The highest BCUT2D eigenvalue weighted by atomic mass is 16.3. The molecule has 32 heavy (non-hydrogen) atoms. The van der Waals surface area contributed by atoms with Crippen LogP contribution < -0.4 is 0 Å². The van der Waals surface area contributed by atoms with Gasteiger partial charge in [-0.05, 0) is 58.3 Å². The molecule has 0 aliphatic heterocycles. The Morgan fingerprint density at radius 1 is 0.500 bits per heavy atom. The Morgan fingerprint density at radius 2 is 0.875 bits per heavy atom. The maximum absolute atomic E-state index is 11.7. The molecule has 0 aliphatic rings. The molecule has 194 valence electrons. The lowest BCUT2D eigenvalue weighted by molar-refractivity contribution is -0.0402. The normalized spacial score (nSPS) is 14.9. The quantitative estimate of drug-likeness (QED) is 0.160. The summed E-state index contributed by atoms with van der Waals surface area (Å²) < 4.78 is 0. The zero-order valence-electron chi connectivity index (χ0n) is 22.7. The van der Waals surface area contributed by atoms with Crippen molar-refractivity contribution in [2.24, 2.45) is 0 Å². The van der Waals surface area contributed by atoms with Gasteiger partial charge in [0.15, 0.2) is 0 Å². The maximum Gasteiger partial charge on any atom is 0.0872 e. The van der Waals surface area contributed by atoms with Gasteiger partial charge in [0.05, 0.1) is 18.8 Å². The molecule has 0 aliphatic carbocycles. The van der Waals surface area contributed by atoms with Gasteiger partial charge >= 0.3 is 0 Å². The summed E-state index contributed by atoms with van der Waals surface area (Å²) in [7, 11) is 0. The number of aliphatic hydroxyl groups excluding tert-OH is 2. The summed E-state index contributed by atoms with van der Waals surface area (Å²) in [6.07, 6.45) is 17.6. The zero-order valence-corrected chi connectivity index (χ0v) is 22.7. The molecule has 0 aromatic carbocycles. The lowest BCUT2D eigenvalue weighted by Crippen LogP contribution is -2.56. The molecule has 0 aromatic heterocycles. The van der Waals surface area contributed by atoms with E-state index in [2.05, 4.69) is 44.4 Å². The first kappa shape index (κ1) is 31.8. The smallest absolute Gasteiger partial charge is 0.0872 e. The summed E-state index contributed by atoms with van der Waals surface area (Å²) in [5.74, 6) is 0. The maximum atomic E-state index is 11.7. The zero-order chi connectivity index (χ0) is 24.0. The van der Waals surface area contributed by atoms with Crippen LogP contribution >= 0.6 is 0 Å². The minimum absolute atomic E-state index is 0.0526. The molecule has 4 heteroatoms. The highest BCUT2D eigenvalue weighted by molar-refractivity contribution is 4.89. The number of rotatable bonds is 24. The van der Waals surface area contributed by atoms with Crippen molar-refractivity contribution in [2.45, 2.75) is 149 Å². The van der Waals surface area contributed by atoms with Gasteiger partial charge in [-0.2, -0.15) is 0 Å². The molecule has 0 saturated heterocycles. The SMILES string of the molecule is CCCCCCCCC(C(O)C(CO)N(CCCC)CCCC)N(CCCC)CCCC. The topological polar surface area (TPSA) is 46.9 Å². The Morgan fingerprint density at radius 3 is 1.28 bits per heavy atom. The van der Waals surface area contributed by atoms with Crippen LogP contribution in [0, 0.1) is 0 Å². The van der Waals surface area contributed by atoms with Crippen LogP contribution in [0.4, 0.5) is 0 Å². The molecule has 0 saturated carbocycles. The number of unbranched alkanes of at least 4 members (excludes halogenated alkanes) is 9. The van der Waals surface area contributed by atoms with Gasteiger partial charge in [0, 0.05) is 6.04 Å². The lowest BCUT2D eigenvalue weighted by Gasteiger charge is -2.42. The van der Waals surface area contributed by atoms with Gasteiger partial charge in [-0.3, -0.25) is 9.80 Å². The van der Waals surface area contributed by atoms with Crippen molar-refractivity contribution in [3.63, 3.8) is 0 Å². The lowest BCUT2D eigenvalue weighted by atomic mass is 9.94. The van der Waals surface area contributed by atoms with Crippen LogP contribution in [0.1, 0.15) is 131 Å². The van der Waals surface area contributed by atoms with Crippen molar-refractivity contribution >= 4 is 0 Å². The van der Waals surface area contributed by atoms with E-state index in [1.807, 2.05) is 0 Å². The van der Waals surface area contributed by atoms with Gasteiger partial charge < -0.3 is 10.2 Å². The van der Waals surface area contributed by atoms with E-state index >= 15 is 0 Å². The second-order valence-electron chi connectivity index (χ2n) is 9.85. The van der Waals surface area contributed by atoms with E-state index in [9.17, 15) is 10.2 Å². The number of hydrogen-bond donors (Lipinski definition) is 2. The average Bonchev–Trinajstić information content (AvgIpc) is 2.80. The molecule has 0 radical (unpaired) electrons. The molecule has 0 aromatic rings. The molecule has 3 unspecified atom stereocenters. The summed E-state index contributed by atoms with van der Waals surface area (Å²) in [5.41, 5.74) is 0. The molecule has 2 N–H and O–H groups in total. The fourth-order valence-corrected chi connectivity index (χ4v) is 4.73. The fraction of sp³-hybridized carbons (Fsp3) is 1.00. The number of nitrogens with zero attached hydrogens (tertiary/aromatic N) is 2. The molecule has 0 fully saturated rings. The number of aliphatic hydroxyl groups is 2. The van der Waals surface area contributed by atoms with Crippen LogP contribution in [0.3, 0.4) is 0 Å². The first-order valence-corrected chi connectivity index (χ1v) is 14.4. The molecule has 3 atom stereocenters. The molecule has 0 heterocycles. The van der Waals surface area contributed by atoms with E-state index in [-0.39, 0.29) is 18.7 Å². The summed E-state index contributed by atoms with van der Waals surface area (Å²) in [4.78, 5) is 4.97. The Balaban J connectivity index is 5.44. The van der Waals surface area contributed by atoms with Gasteiger partial charge in [-0.25, -0.2) is 0 Å². The Bertz CT molecular complexity index is 364. The molecule has 0 bridgehead atoms. The van der Waals surface area contributed by atoms with Crippen molar-refractivity contribution in [3.05, 3.63) is 0 Å². The van der Waals surface area contributed by atoms with Crippen LogP contribution in [0.25, 0.3) is 0 Å². The van der Waals surface area contributed by atoms with Crippen molar-refractivity contribution in [1.29, 1.82) is 0 Å². The van der Waals surface area contributed by atoms with Crippen LogP contribution in [-0.2, 0) is 0 Å². The summed E-state index contributed by atoms with van der Waals surface area (Å²) in [6.45, 7) is 15.4. The third-order valence-corrected chi connectivity index (χ3v) is 6.96. The van der Waals surface area contributed by atoms with Crippen LogP contribution in [0.2, 0.25) is 0 Å². The van der Waals surface area contributed by atoms with Gasteiger partial charge in [0.1, 0.15) is 0 Å². The standard InChI is InChI=1S/C28H60N2O2/c1-6-11-16-17-18-19-20-26(29(21-12-7-2)22-13-8-3)28(32)27(25-31)30(23-14-9-4)24-15-10-5/h26-28,31-32H,6-25H2,1-5H3. The molecular weight excluding hydrogens is 396 g/mol. The van der Waals surface area contributed by atoms with E-state index in [1.54, 1.807) is 0 Å². The van der Waals surface area contributed by atoms with Crippen LogP contribution in [0.15, 0.2) is 0 Å². The molecular formula is C28H60N2O2. The van der Waals surface area contributed by atoms with Crippen molar-refractivity contribution in [3.8, 4) is 0 Å². The third-order valence-electron chi connectivity index (χ3n) is 6.96. The Labute approximate surface area is 202 Å². The van der Waals surface area contributed by atoms with E-state index in [4.69, 9.17) is 0 Å². The monoisotopic (exact) mass is 456 g/mol. The first-order chi connectivity index (χ1) is 15.6. The van der Waals surface area contributed by atoms with Crippen LogP contribution in [0.5, 0.6) is 0 Å². The Kier molecular flexibility index (Phi) is 22.5. The largest absolute Gasteiger partial charge is 0.395 e. The van der Waals surface area contributed by atoms with E-state index < -0.39 is 6.10 Å². The number of hydrogen-bond acceptors (Lipinski definition) is 4. The average molecular weight is 457 g/mol. The predicted molar refractivity (Wildman–Crippen MR) is 141 cm³/mol. The summed E-state index contributed by atoms with van der Waals surface area (Å²) >= 11 is 0. The van der Waals surface area contributed by atoms with E-state index in [0.29, 0.717) is 0 Å². The minimum Gasteiger partial charge on any atom is -0.395 e. The van der Waals surface area contributed by atoms with Crippen molar-refractivity contribution < 1.29 is 10.2 Å². The predicted octanol–water partition coefficient (Wildman–Crippen LogP) is 6.63. The summed E-state index contributed by atoms with van der Waals surface area (Å²) in [6, 6.07) is 0.00567. The first-order valence-electron chi connectivity index (χ1n) is 14.4. The van der Waals surface area contributed by atoms with Crippen LogP contribution in [-0.4, -0.2) is 71.0 Å². The minimum atomic E-state index is -0.488. The molecule has 0 spiro atoms. The summed E-state index contributed by atoms with van der Waals surface area (Å²) in [5, 5.41) is 22.1. The Hall–Kier alpha value is -0.160. The van der Waals surface area contributed by atoms with E-state index in [0.717, 1.165) is 58.3 Å². The van der Waals surface area contributed by atoms with Gasteiger partial charge in [-0.15, -0.1) is 0 Å². The fourth-order valence-electron chi connectivity index (χ4n) is 4.73. The second-order valence-corrected chi connectivity index (χ2v) is 9.85. The van der Waals surface area contributed by atoms with Gasteiger partial charge in [0.2, 0.25) is 0 Å². The second kappa shape index (κ2) is 22.6. The highest BCUT2D eigenvalue weighted by Crippen LogP contribution is 2.22.